The van der Waals surface area contributed by atoms with Crippen LogP contribution in [0, 0.1) is 0 Å². The third-order valence-corrected chi connectivity index (χ3v) is 3.91. The Morgan fingerprint density at radius 1 is 1.31 bits per heavy atom. The molecule has 1 aromatic carbocycles. The maximum atomic E-state index is 5.89. The predicted octanol–water partition coefficient (Wildman–Crippen LogP) is 4.33. The van der Waals surface area contributed by atoms with E-state index in [0.717, 1.165) is 14.4 Å². The maximum absolute atomic E-state index is 5.89. The lowest BCUT2D eigenvalue weighted by atomic mass is 10.3. The van der Waals surface area contributed by atoms with E-state index < -0.39 is 0 Å². The van der Waals surface area contributed by atoms with Gasteiger partial charge in [0, 0.05) is 10.9 Å². The standard InChI is InChI=1S/C11H9BrClNOS/c12-11-4-2-8(16-11)6-15-7-1-3-10(14)9(13)5-7/h1-5H,6,14H2. The fraction of sp³-hybridized carbons (Fsp3) is 0.0909. The van der Waals surface area contributed by atoms with Gasteiger partial charge in [-0.2, -0.15) is 0 Å². The Balaban J connectivity index is 2.02. The van der Waals surface area contributed by atoms with Gasteiger partial charge in [-0.3, -0.25) is 0 Å². The van der Waals surface area contributed by atoms with Gasteiger partial charge in [0.05, 0.1) is 14.5 Å². The summed E-state index contributed by atoms with van der Waals surface area (Å²) in [6.45, 7) is 0.538. The van der Waals surface area contributed by atoms with Crippen LogP contribution in [0.25, 0.3) is 0 Å². The number of hydrogen-bond acceptors (Lipinski definition) is 3. The van der Waals surface area contributed by atoms with Crippen molar-refractivity contribution < 1.29 is 4.74 Å². The molecule has 2 nitrogen and oxygen atoms in total. The van der Waals surface area contributed by atoms with Gasteiger partial charge in [-0.05, 0) is 40.2 Å². The summed E-state index contributed by atoms with van der Waals surface area (Å²) in [5.41, 5.74) is 6.17. The maximum Gasteiger partial charge on any atom is 0.122 e. The molecule has 0 aliphatic heterocycles. The van der Waals surface area contributed by atoms with E-state index in [2.05, 4.69) is 15.9 Å². The largest absolute Gasteiger partial charge is 0.488 e. The van der Waals surface area contributed by atoms with Gasteiger partial charge in [-0.1, -0.05) is 11.6 Å². The quantitative estimate of drug-likeness (QED) is 0.855. The summed E-state index contributed by atoms with van der Waals surface area (Å²) >= 11 is 10.9. The first-order chi connectivity index (χ1) is 7.65. The molecule has 2 rings (SSSR count). The highest BCUT2D eigenvalue weighted by Gasteiger charge is 2.01. The van der Waals surface area contributed by atoms with Gasteiger partial charge in [-0.15, -0.1) is 11.3 Å². The Hall–Kier alpha value is -0.710. The number of benzene rings is 1. The lowest BCUT2D eigenvalue weighted by Crippen LogP contribution is -1.93. The number of rotatable bonds is 3. The van der Waals surface area contributed by atoms with Crippen molar-refractivity contribution in [2.24, 2.45) is 0 Å². The SMILES string of the molecule is Nc1ccc(OCc2ccc(Br)s2)cc1Cl. The van der Waals surface area contributed by atoms with E-state index in [1.54, 1.807) is 23.5 Å². The molecule has 0 radical (unpaired) electrons. The molecular formula is C11H9BrClNOS. The van der Waals surface area contributed by atoms with Crippen molar-refractivity contribution in [3.05, 3.63) is 44.0 Å². The number of hydrogen-bond donors (Lipinski definition) is 1. The molecule has 0 amide bonds. The van der Waals surface area contributed by atoms with Gasteiger partial charge in [0.1, 0.15) is 12.4 Å². The summed E-state index contributed by atoms with van der Waals surface area (Å²) in [7, 11) is 0. The second-order valence-electron chi connectivity index (χ2n) is 3.18. The van der Waals surface area contributed by atoms with Crippen LogP contribution in [0.2, 0.25) is 5.02 Å². The highest BCUT2D eigenvalue weighted by Crippen LogP contribution is 2.26. The molecule has 84 valence electrons. The summed E-state index contributed by atoms with van der Waals surface area (Å²) in [4.78, 5) is 1.15. The Labute approximate surface area is 111 Å². The number of nitrogen functional groups attached to an aromatic ring is 1. The molecule has 0 saturated carbocycles. The van der Waals surface area contributed by atoms with E-state index in [4.69, 9.17) is 22.1 Å². The van der Waals surface area contributed by atoms with Crippen molar-refractivity contribution in [1.29, 1.82) is 0 Å². The Kier molecular flexibility index (Phi) is 3.74. The highest BCUT2D eigenvalue weighted by atomic mass is 79.9. The molecule has 16 heavy (non-hydrogen) atoms. The zero-order valence-electron chi connectivity index (χ0n) is 8.24. The molecule has 1 aromatic heterocycles. The van der Waals surface area contributed by atoms with Gasteiger partial charge in [0.15, 0.2) is 0 Å². The molecule has 0 aliphatic carbocycles. The Morgan fingerprint density at radius 2 is 2.12 bits per heavy atom. The van der Waals surface area contributed by atoms with Gasteiger partial charge in [-0.25, -0.2) is 0 Å². The van der Waals surface area contributed by atoms with Crippen molar-refractivity contribution in [1.82, 2.24) is 0 Å². The Bertz CT molecular complexity index is 500. The molecule has 2 aromatic rings. The second kappa shape index (κ2) is 5.08. The normalized spacial score (nSPS) is 10.4. The average molecular weight is 319 g/mol. The second-order valence-corrected chi connectivity index (χ2v) is 6.13. The molecule has 0 spiro atoms. The minimum absolute atomic E-state index is 0.518. The summed E-state index contributed by atoms with van der Waals surface area (Å²) in [6.07, 6.45) is 0. The zero-order valence-corrected chi connectivity index (χ0v) is 11.4. The van der Waals surface area contributed by atoms with Gasteiger partial charge >= 0.3 is 0 Å². The van der Waals surface area contributed by atoms with Crippen molar-refractivity contribution in [3.63, 3.8) is 0 Å². The van der Waals surface area contributed by atoms with Crippen LogP contribution < -0.4 is 10.5 Å². The van der Waals surface area contributed by atoms with E-state index in [-0.39, 0.29) is 0 Å². The third kappa shape index (κ3) is 2.90. The van der Waals surface area contributed by atoms with Gasteiger partial charge in [0.2, 0.25) is 0 Å². The van der Waals surface area contributed by atoms with Crippen molar-refractivity contribution in [2.45, 2.75) is 6.61 Å². The smallest absolute Gasteiger partial charge is 0.122 e. The molecule has 5 heteroatoms. The fourth-order valence-electron chi connectivity index (χ4n) is 1.18. The third-order valence-electron chi connectivity index (χ3n) is 1.98. The molecule has 0 unspecified atom stereocenters. The first-order valence-electron chi connectivity index (χ1n) is 4.57. The summed E-state index contributed by atoms with van der Waals surface area (Å²) in [5.74, 6) is 0.726. The molecule has 2 N–H and O–H groups in total. The zero-order chi connectivity index (χ0) is 11.5. The molecule has 1 heterocycles. The van der Waals surface area contributed by atoms with Crippen LogP contribution in [-0.4, -0.2) is 0 Å². The van der Waals surface area contributed by atoms with E-state index in [1.165, 1.54) is 0 Å². The van der Waals surface area contributed by atoms with Crippen LogP contribution in [-0.2, 0) is 6.61 Å². The number of nitrogens with two attached hydrogens (primary N) is 1. The summed E-state index contributed by atoms with van der Waals surface area (Å²) < 4.78 is 6.69. The Morgan fingerprint density at radius 3 is 2.75 bits per heavy atom. The first-order valence-corrected chi connectivity index (χ1v) is 6.56. The van der Waals surface area contributed by atoms with Crippen LogP contribution in [0.15, 0.2) is 34.1 Å². The fourth-order valence-corrected chi connectivity index (χ4v) is 2.75. The van der Waals surface area contributed by atoms with Crippen LogP contribution in [0.1, 0.15) is 4.88 Å². The molecule has 0 aliphatic rings. The monoisotopic (exact) mass is 317 g/mol. The van der Waals surface area contributed by atoms with Gasteiger partial charge < -0.3 is 10.5 Å². The van der Waals surface area contributed by atoms with Crippen LogP contribution >= 0.6 is 38.9 Å². The molecule has 0 fully saturated rings. The minimum atomic E-state index is 0.518. The van der Waals surface area contributed by atoms with Crippen LogP contribution in [0.5, 0.6) is 5.75 Å². The van der Waals surface area contributed by atoms with E-state index in [9.17, 15) is 0 Å². The van der Waals surface area contributed by atoms with Crippen molar-refractivity contribution in [3.8, 4) is 5.75 Å². The molecule has 0 atom stereocenters. The van der Waals surface area contributed by atoms with Crippen molar-refractivity contribution >= 4 is 44.6 Å². The summed E-state index contributed by atoms with van der Waals surface area (Å²) in [5, 5.41) is 0.518. The van der Waals surface area contributed by atoms with Crippen molar-refractivity contribution in [2.75, 3.05) is 5.73 Å². The predicted molar refractivity (Wildman–Crippen MR) is 72.2 cm³/mol. The lowest BCUT2D eigenvalue weighted by Gasteiger charge is -2.05. The highest BCUT2D eigenvalue weighted by molar-refractivity contribution is 9.11. The number of halogens is 2. The van der Waals surface area contributed by atoms with Crippen LogP contribution in [0.4, 0.5) is 5.69 Å². The number of ether oxygens (including phenoxy) is 1. The molecule has 0 saturated heterocycles. The van der Waals surface area contributed by atoms with E-state index in [0.29, 0.717) is 17.3 Å². The first kappa shape index (κ1) is 11.8. The average Bonchev–Trinajstić information content (AvgIpc) is 2.66. The number of thiophene rings is 1. The van der Waals surface area contributed by atoms with E-state index in [1.807, 2.05) is 18.2 Å². The lowest BCUT2D eigenvalue weighted by molar-refractivity contribution is 0.310. The van der Waals surface area contributed by atoms with Gasteiger partial charge in [0.25, 0.3) is 0 Å². The molecule has 0 bridgehead atoms. The van der Waals surface area contributed by atoms with E-state index >= 15 is 0 Å². The molecular weight excluding hydrogens is 310 g/mol. The summed E-state index contributed by atoms with van der Waals surface area (Å²) in [6, 6.07) is 9.29. The van der Waals surface area contributed by atoms with Crippen LogP contribution in [0.3, 0.4) is 0 Å². The topological polar surface area (TPSA) is 35.2 Å². The number of anilines is 1. The minimum Gasteiger partial charge on any atom is -0.488 e.